The highest BCUT2D eigenvalue weighted by atomic mass is 16.2. The summed E-state index contributed by atoms with van der Waals surface area (Å²) >= 11 is 0. The number of piperazine rings is 1. The normalized spacial score (nSPS) is 20.7. The van der Waals surface area contributed by atoms with E-state index >= 15 is 0 Å². The van der Waals surface area contributed by atoms with E-state index in [0.29, 0.717) is 24.3 Å². The van der Waals surface area contributed by atoms with Crippen LogP contribution in [0.4, 0.5) is 0 Å². The van der Waals surface area contributed by atoms with Crippen LogP contribution in [0, 0.1) is 11.8 Å². The maximum absolute atomic E-state index is 12.4. The van der Waals surface area contributed by atoms with Crippen molar-refractivity contribution in [2.75, 3.05) is 39.3 Å². The van der Waals surface area contributed by atoms with E-state index in [2.05, 4.69) is 24.1 Å². The van der Waals surface area contributed by atoms with Gasteiger partial charge in [-0.1, -0.05) is 33.1 Å². The van der Waals surface area contributed by atoms with Crippen LogP contribution in [0.15, 0.2) is 0 Å². The molecule has 0 atom stereocenters. The minimum Gasteiger partial charge on any atom is -0.355 e. The second kappa shape index (κ2) is 9.26. The molecule has 2 amide bonds. The molecule has 0 aromatic carbocycles. The van der Waals surface area contributed by atoms with E-state index in [9.17, 15) is 9.59 Å². The van der Waals surface area contributed by atoms with Gasteiger partial charge in [0, 0.05) is 39.1 Å². The van der Waals surface area contributed by atoms with Gasteiger partial charge in [0.15, 0.2) is 0 Å². The summed E-state index contributed by atoms with van der Waals surface area (Å²) in [5, 5.41) is 2.96. The van der Waals surface area contributed by atoms with E-state index in [1.54, 1.807) is 0 Å². The van der Waals surface area contributed by atoms with Crippen LogP contribution in [0.3, 0.4) is 0 Å². The van der Waals surface area contributed by atoms with E-state index in [4.69, 9.17) is 0 Å². The second-order valence-corrected chi connectivity index (χ2v) is 7.56. The van der Waals surface area contributed by atoms with Gasteiger partial charge in [-0.2, -0.15) is 0 Å². The van der Waals surface area contributed by atoms with Crippen molar-refractivity contribution in [3.63, 3.8) is 0 Å². The molecule has 1 saturated heterocycles. The van der Waals surface area contributed by atoms with E-state index in [0.717, 1.165) is 39.1 Å². The maximum atomic E-state index is 12.4. The van der Waals surface area contributed by atoms with Gasteiger partial charge in [0.25, 0.3) is 0 Å². The molecule has 0 bridgehead atoms. The molecule has 2 rings (SSSR count). The number of amides is 2. The Kier molecular flexibility index (Phi) is 7.34. The highest BCUT2D eigenvalue weighted by Crippen LogP contribution is 2.26. The minimum absolute atomic E-state index is 0.0979. The molecule has 1 saturated carbocycles. The summed E-state index contributed by atoms with van der Waals surface area (Å²) in [5.74, 6) is 1.51. The predicted octanol–water partition coefficient (Wildman–Crippen LogP) is 1.87. The molecule has 23 heavy (non-hydrogen) atoms. The Hall–Kier alpha value is -1.10. The molecule has 1 heterocycles. The largest absolute Gasteiger partial charge is 0.355 e. The molecule has 0 spiro atoms. The van der Waals surface area contributed by atoms with Crippen LogP contribution >= 0.6 is 0 Å². The zero-order valence-corrected chi connectivity index (χ0v) is 14.9. The van der Waals surface area contributed by atoms with Gasteiger partial charge in [-0.25, -0.2) is 0 Å². The monoisotopic (exact) mass is 323 g/mol. The van der Waals surface area contributed by atoms with Crippen LogP contribution < -0.4 is 5.32 Å². The van der Waals surface area contributed by atoms with Gasteiger partial charge in [-0.15, -0.1) is 0 Å². The second-order valence-electron chi connectivity index (χ2n) is 7.56. The van der Waals surface area contributed by atoms with Gasteiger partial charge in [0.05, 0.1) is 6.54 Å². The molecule has 1 aliphatic heterocycles. The highest BCUT2D eigenvalue weighted by molar-refractivity contribution is 5.78. The fraction of sp³-hybridized carbons (Fsp3) is 0.889. The molecule has 2 aliphatic rings. The number of hydrogen-bond donors (Lipinski definition) is 1. The Morgan fingerprint density at radius 2 is 1.70 bits per heavy atom. The quantitative estimate of drug-likeness (QED) is 0.812. The van der Waals surface area contributed by atoms with Crippen LogP contribution in [-0.4, -0.2) is 60.9 Å². The van der Waals surface area contributed by atoms with Gasteiger partial charge >= 0.3 is 0 Å². The first-order valence-electron chi connectivity index (χ1n) is 9.31. The third kappa shape index (κ3) is 6.50. The lowest BCUT2D eigenvalue weighted by atomic mass is 9.86. The van der Waals surface area contributed by atoms with Crippen molar-refractivity contribution in [3.05, 3.63) is 0 Å². The Morgan fingerprint density at radius 3 is 2.30 bits per heavy atom. The first-order valence-corrected chi connectivity index (χ1v) is 9.31. The molecule has 1 N–H and O–H groups in total. The summed E-state index contributed by atoms with van der Waals surface area (Å²) in [7, 11) is 0. The number of carbonyl (C=O) groups excluding carboxylic acids is 2. The Bertz CT molecular complexity index is 384. The molecule has 0 radical (unpaired) electrons. The lowest BCUT2D eigenvalue weighted by Crippen LogP contribution is -2.51. The van der Waals surface area contributed by atoms with E-state index < -0.39 is 0 Å². The van der Waals surface area contributed by atoms with E-state index in [1.165, 1.54) is 32.1 Å². The first kappa shape index (κ1) is 18.2. The third-order valence-electron chi connectivity index (χ3n) is 4.99. The molecular weight excluding hydrogens is 290 g/mol. The summed E-state index contributed by atoms with van der Waals surface area (Å²) < 4.78 is 0. The minimum atomic E-state index is 0.0979. The summed E-state index contributed by atoms with van der Waals surface area (Å²) in [6.07, 6.45) is 7.09. The average Bonchev–Trinajstić information content (AvgIpc) is 2.54. The molecule has 0 unspecified atom stereocenters. The number of rotatable bonds is 6. The molecule has 132 valence electrons. The predicted molar refractivity (Wildman–Crippen MR) is 92.1 cm³/mol. The van der Waals surface area contributed by atoms with Crippen LogP contribution in [0.1, 0.15) is 52.4 Å². The molecule has 0 aromatic heterocycles. The van der Waals surface area contributed by atoms with Gasteiger partial charge in [0.2, 0.25) is 11.8 Å². The molecule has 5 heteroatoms. The average molecular weight is 323 g/mol. The topological polar surface area (TPSA) is 52.7 Å². The van der Waals surface area contributed by atoms with Crippen molar-refractivity contribution in [2.24, 2.45) is 11.8 Å². The molecule has 5 nitrogen and oxygen atoms in total. The van der Waals surface area contributed by atoms with Gasteiger partial charge in [-0.3, -0.25) is 14.5 Å². The fourth-order valence-electron chi connectivity index (χ4n) is 3.50. The summed E-state index contributed by atoms with van der Waals surface area (Å²) in [5.41, 5.74) is 0. The van der Waals surface area contributed by atoms with Gasteiger partial charge in [-0.05, 0) is 24.7 Å². The Balaban J connectivity index is 1.64. The van der Waals surface area contributed by atoms with Crippen LogP contribution in [0.25, 0.3) is 0 Å². The smallest absolute Gasteiger partial charge is 0.234 e. The molecular formula is C18H33N3O2. The summed E-state index contributed by atoms with van der Waals surface area (Å²) in [6, 6.07) is 0. The van der Waals surface area contributed by atoms with E-state index in [-0.39, 0.29) is 5.91 Å². The standard InChI is InChI=1S/C18H33N3O2/c1-15(2)13-19-17(22)14-20-8-10-21(11-9-20)18(23)12-16-6-4-3-5-7-16/h15-16H,3-14H2,1-2H3,(H,19,22). The van der Waals surface area contributed by atoms with Gasteiger partial charge in [0.1, 0.15) is 0 Å². The number of hydrogen-bond acceptors (Lipinski definition) is 3. The molecule has 1 aliphatic carbocycles. The number of carbonyl (C=O) groups is 2. The Labute approximate surface area is 140 Å². The van der Waals surface area contributed by atoms with Crippen molar-refractivity contribution >= 4 is 11.8 Å². The summed E-state index contributed by atoms with van der Waals surface area (Å²) in [6.45, 7) is 8.53. The van der Waals surface area contributed by atoms with Crippen LogP contribution in [-0.2, 0) is 9.59 Å². The van der Waals surface area contributed by atoms with Crippen LogP contribution in [0.5, 0.6) is 0 Å². The molecule has 0 aromatic rings. The van der Waals surface area contributed by atoms with Crippen molar-refractivity contribution in [1.82, 2.24) is 15.1 Å². The third-order valence-corrected chi connectivity index (χ3v) is 4.99. The molecule has 2 fully saturated rings. The van der Waals surface area contributed by atoms with E-state index in [1.807, 2.05) is 4.90 Å². The van der Waals surface area contributed by atoms with Crippen molar-refractivity contribution in [2.45, 2.75) is 52.4 Å². The lowest BCUT2D eigenvalue weighted by molar-refractivity contribution is -0.134. The highest BCUT2D eigenvalue weighted by Gasteiger charge is 2.25. The summed E-state index contributed by atoms with van der Waals surface area (Å²) in [4.78, 5) is 28.4. The van der Waals surface area contributed by atoms with Crippen molar-refractivity contribution < 1.29 is 9.59 Å². The SMILES string of the molecule is CC(C)CNC(=O)CN1CCN(C(=O)CC2CCCCC2)CC1. The Morgan fingerprint density at radius 1 is 1.04 bits per heavy atom. The van der Waals surface area contributed by atoms with Crippen LogP contribution in [0.2, 0.25) is 0 Å². The zero-order valence-electron chi connectivity index (χ0n) is 14.9. The zero-order chi connectivity index (χ0) is 16.7. The first-order chi connectivity index (χ1) is 11.0. The lowest BCUT2D eigenvalue weighted by Gasteiger charge is -2.35. The van der Waals surface area contributed by atoms with Crippen molar-refractivity contribution in [1.29, 1.82) is 0 Å². The number of nitrogens with zero attached hydrogens (tertiary/aromatic N) is 2. The number of nitrogens with one attached hydrogen (secondary N) is 1. The fourth-order valence-corrected chi connectivity index (χ4v) is 3.50. The maximum Gasteiger partial charge on any atom is 0.234 e. The van der Waals surface area contributed by atoms with Crippen molar-refractivity contribution in [3.8, 4) is 0 Å². The van der Waals surface area contributed by atoms with Gasteiger partial charge < -0.3 is 10.2 Å².